The molecule has 2 heterocycles. The van der Waals surface area contributed by atoms with Crippen LogP contribution in [0.2, 0.25) is 0 Å². The van der Waals surface area contributed by atoms with Crippen LogP contribution in [0.3, 0.4) is 0 Å². The molecule has 2 aliphatic rings. The lowest BCUT2D eigenvalue weighted by atomic mass is 10.1. The highest BCUT2D eigenvalue weighted by Gasteiger charge is 2.26. The first-order valence-corrected chi connectivity index (χ1v) is 15.8. The summed E-state index contributed by atoms with van der Waals surface area (Å²) in [6.07, 6.45) is 3.54. The van der Waals surface area contributed by atoms with E-state index < -0.39 is 9.84 Å². The molecule has 0 aromatic heterocycles. The normalized spacial score (nSPS) is 16.4. The number of ether oxygens (including phenoxy) is 1. The Balaban J connectivity index is 1.23. The van der Waals surface area contributed by atoms with Crippen molar-refractivity contribution in [3.05, 3.63) is 89.0 Å². The monoisotopic (exact) mass is 561 g/mol. The zero-order chi connectivity index (χ0) is 28.1. The van der Waals surface area contributed by atoms with E-state index >= 15 is 0 Å². The van der Waals surface area contributed by atoms with Crippen molar-refractivity contribution in [3.63, 3.8) is 0 Å². The van der Waals surface area contributed by atoms with E-state index in [1.165, 1.54) is 31.5 Å². The Hall–Kier alpha value is -3.36. The number of likely N-dealkylation sites (tertiary alicyclic amines) is 1. The number of anilines is 1. The van der Waals surface area contributed by atoms with Crippen molar-refractivity contribution in [2.45, 2.75) is 36.8 Å². The molecular weight excluding hydrogens is 522 g/mol. The van der Waals surface area contributed by atoms with Crippen LogP contribution in [0.5, 0.6) is 5.75 Å². The zero-order valence-electron chi connectivity index (χ0n) is 23.5. The van der Waals surface area contributed by atoms with Crippen molar-refractivity contribution < 1.29 is 17.9 Å². The van der Waals surface area contributed by atoms with Gasteiger partial charge in [0.1, 0.15) is 5.75 Å². The summed E-state index contributed by atoms with van der Waals surface area (Å²) in [7, 11) is -1.95. The standard InChI is InChI=1S/C32H39N3O4S/c1-25-9-14-28(40(37,38)24-27-12-10-26(11-13-27)15-18-33-16-5-6-17-33)23-29(25)32(36)35-21-19-34(20-22-35)30-7-3-4-8-31(30)39-2/h3-4,7-14,23H,5-6,15-22,24H2,1-2H3. The van der Waals surface area contributed by atoms with Gasteiger partial charge in [-0.25, -0.2) is 8.42 Å². The van der Waals surface area contributed by atoms with Crippen molar-refractivity contribution in [1.29, 1.82) is 0 Å². The van der Waals surface area contributed by atoms with E-state index in [1.807, 2.05) is 60.4 Å². The summed E-state index contributed by atoms with van der Waals surface area (Å²) in [5.41, 5.74) is 4.22. The summed E-state index contributed by atoms with van der Waals surface area (Å²) in [4.78, 5) is 20.2. The molecule has 2 aliphatic heterocycles. The molecule has 0 aliphatic carbocycles. The minimum atomic E-state index is -3.61. The molecule has 0 radical (unpaired) electrons. The number of hydrogen-bond acceptors (Lipinski definition) is 6. The second kappa shape index (κ2) is 12.4. The second-order valence-electron chi connectivity index (χ2n) is 10.8. The Morgan fingerprint density at radius 3 is 2.23 bits per heavy atom. The lowest BCUT2D eigenvalue weighted by molar-refractivity contribution is 0.0745. The average molecular weight is 562 g/mol. The van der Waals surface area contributed by atoms with Gasteiger partial charge in [-0.05, 0) is 80.2 Å². The maximum atomic E-state index is 13.5. The summed E-state index contributed by atoms with van der Waals surface area (Å²) in [6, 6.07) is 20.7. The van der Waals surface area contributed by atoms with E-state index in [-0.39, 0.29) is 16.6 Å². The number of piperazine rings is 1. The van der Waals surface area contributed by atoms with Gasteiger partial charge in [-0.2, -0.15) is 0 Å². The number of sulfone groups is 1. The maximum Gasteiger partial charge on any atom is 0.254 e. The predicted octanol–water partition coefficient (Wildman–Crippen LogP) is 4.58. The molecule has 8 heteroatoms. The summed E-state index contributed by atoms with van der Waals surface area (Å²) in [5.74, 6) is 0.595. The van der Waals surface area contributed by atoms with E-state index in [1.54, 1.807) is 25.3 Å². The van der Waals surface area contributed by atoms with Crippen LogP contribution < -0.4 is 9.64 Å². The lowest BCUT2D eigenvalue weighted by Crippen LogP contribution is -2.49. The molecule has 0 unspecified atom stereocenters. The van der Waals surface area contributed by atoms with Crippen LogP contribution in [0, 0.1) is 6.92 Å². The number of nitrogens with zero attached hydrogens (tertiary/aromatic N) is 3. The fourth-order valence-corrected chi connectivity index (χ4v) is 7.01. The molecule has 212 valence electrons. The third kappa shape index (κ3) is 6.50. The van der Waals surface area contributed by atoms with Crippen LogP contribution in [-0.4, -0.2) is 77.0 Å². The van der Waals surface area contributed by atoms with Gasteiger partial charge in [0.25, 0.3) is 5.91 Å². The number of aryl methyl sites for hydroxylation is 1. The molecule has 40 heavy (non-hydrogen) atoms. The number of hydrogen-bond donors (Lipinski definition) is 0. The number of carbonyl (C=O) groups excluding carboxylic acids is 1. The van der Waals surface area contributed by atoms with Gasteiger partial charge in [-0.3, -0.25) is 4.79 Å². The average Bonchev–Trinajstić information content (AvgIpc) is 3.50. The van der Waals surface area contributed by atoms with Crippen molar-refractivity contribution >= 4 is 21.4 Å². The summed E-state index contributed by atoms with van der Waals surface area (Å²) >= 11 is 0. The highest BCUT2D eigenvalue weighted by Crippen LogP contribution is 2.29. The van der Waals surface area contributed by atoms with Crippen LogP contribution in [0.1, 0.15) is 39.9 Å². The Morgan fingerprint density at radius 2 is 1.52 bits per heavy atom. The van der Waals surface area contributed by atoms with Crippen molar-refractivity contribution in [3.8, 4) is 5.75 Å². The highest BCUT2D eigenvalue weighted by atomic mass is 32.2. The number of amides is 1. The van der Waals surface area contributed by atoms with Gasteiger partial charge in [0, 0.05) is 38.3 Å². The Bertz CT molecular complexity index is 1420. The fourth-order valence-electron chi connectivity index (χ4n) is 5.64. The SMILES string of the molecule is COc1ccccc1N1CCN(C(=O)c2cc(S(=O)(=O)Cc3ccc(CCN4CCCC4)cc3)ccc2C)CC1. The molecule has 1 amide bonds. The van der Waals surface area contributed by atoms with Crippen LogP contribution in [0.4, 0.5) is 5.69 Å². The van der Waals surface area contributed by atoms with Crippen molar-refractivity contribution in [2.75, 3.05) is 57.8 Å². The summed E-state index contributed by atoms with van der Waals surface area (Å²) < 4.78 is 32.2. The van der Waals surface area contributed by atoms with Crippen molar-refractivity contribution in [1.82, 2.24) is 9.80 Å². The zero-order valence-corrected chi connectivity index (χ0v) is 24.3. The highest BCUT2D eigenvalue weighted by molar-refractivity contribution is 7.90. The number of benzene rings is 3. The van der Waals surface area contributed by atoms with Gasteiger partial charge in [0.15, 0.2) is 9.84 Å². The van der Waals surface area contributed by atoms with Crippen LogP contribution in [0.25, 0.3) is 0 Å². The largest absolute Gasteiger partial charge is 0.495 e. The van der Waals surface area contributed by atoms with Gasteiger partial charge >= 0.3 is 0 Å². The number of methoxy groups -OCH3 is 1. The van der Waals surface area contributed by atoms with E-state index in [0.29, 0.717) is 31.7 Å². The quantitative estimate of drug-likeness (QED) is 0.381. The van der Waals surface area contributed by atoms with Gasteiger partial charge in [0.05, 0.1) is 23.4 Å². The Morgan fingerprint density at radius 1 is 0.850 bits per heavy atom. The van der Waals surface area contributed by atoms with E-state index in [2.05, 4.69) is 9.80 Å². The first-order chi connectivity index (χ1) is 19.3. The molecule has 5 rings (SSSR count). The molecule has 2 saturated heterocycles. The van der Waals surface area contributed by atoms with Gasteiger partial charge < -0.3 is 19.4 Å². The Labute approximate surface area is 238 Å². The van der Waals surface area contributed by atoms with Crippen LogP contribution in [0.15, 0.2) is 71.6 Å². The molecule has 3 aromatic carbocycles. The Kier molecular flexibility index (Phi) is 8.76. The van der Waals surface area contributed by atoms with E-state index in [4.69, 9.17) is 4.74 Å². The molecule has 0 atom stereocenters. The van der Waals surface area contributed by atoms with Crippen LogP contribution >= 0.6 is 0 Å². The first kappa shape index (κ1) is 28.2. The smallest absolute Gasteiger partial charge is 0.254 e. The molecule has 2 fully saturated rings. The minimum absolute atomic E-state index is 0.0896. The molecular formula is C32H39N3O4S. The molecule has 0 saturated carbocycles. The summed E-state index contributed by atoms with van der Waals surface area (Å²) in [5, 5.41) is 0. The molecule has 0 bridgehead atoms. The van der Waals surface area contributed by atoms with E-state index in [0.717, 1.165) is 35.5 Å². The van der Waals surface area contributed by atoms with Crippen molar-refractivity contribution in [2.24, 2.45) is 0 Å². The predicted molar refractivity (Wildman–Crippen MR) is 159 cm³/mol. The fraction of sp³-hybridized carbons (Fsp3) is 0.406. The first-order valence-electron chi connectivity index (χ1n) is 14.1. The second-order valence-corrected chi connectivity index (χ2v) is 12.8. The molecule has 0 N–H and O–H groups in total. The third-order valence-electron chi connectivity index (χ3n) is 8.09. The lowest BCUT2D eigenvalue weighted by Gasteiger charge is -2.36. The number of para-hydroxylation sites is 2. The van der Waals surface area contributed by atoms with Gasteiger partial charge in [-0.1, -0.05) is 42.5 Å². The summed E-state index contributed by atoms with van der Waals surface area (Å²) in [6.45, 7) is 7.72. The number of rotatable bonds is 9. The maximum absolute atomic E-state index is 13.5. The topological polar surface area (TPSA) is 70.2 Å². The van der Waals surface area contributed by atoms with E-state index in [9.17, 15) is 13.2 Å². The molecule has 3 aromatic rings. The molecule has 7 nitrogen and oxygen atoms in total. The minimum Gasteiger partial charge on any atom is -0.495 e. The van der Waals surface area contributed by atoms with Gasteiger partial charge in [-0.15, -0.1) is 0 Å². The molecule has 0 spiro atoms. The third-order valence-corrected chi connectivity index (χ3v) is 9.77. The van der Waals surface area contributed by atoms with Gasteiger partial charge in [0.2, 0.25) is 0 Å². The van der Waals surface area contributed by atoms with Crippen LogP contribution in [-0.2, 0) is 22.0 Å². The number of carbonyl (C=O) groups is 1.